The third kappa shape index (κ3) is 6.22. The third-order valence-electron chi connectivity index (χ3n) is 4.33. The van der Waals surface area contributed by atoms with Gasteiger partial charge in [-0.2, -0.15) is 0 Å². The predicted molar refractivity (Wildman–Crippen MR) is 97.5 cm³/mol. The molecule has 8 heteroatoms. The molecule has 0 bridgehead atoms. The van der Waals surface area contributed by atoms with Crippen LogP contribution in [0.25, 0.3) is 0 Å². The monoisotopic (exact) mass is 381 g/mol. The van der Waals surface area contributed by atoms with Crippen LogP contribution in [0.1, 0.15) is 37.8 Å². The summed E-state index contributed by atoms with van der Waals surface area (Å²) in [7, 11) is 0. The van der Waals surface area contributed by atoms with Crippen molar-refractivity contribution in [3.63, 3.8) is 0 Å². The van der Waals surface area contributed by atoms with Gasteiger partial charge in [0.1, 0.15) is 0 Å². The molecule has 0 radical (unpaired) electrons. The molecule has 142 valence electrons. The number of primary amides is 1. The minimum absolute atomic E-state index is 0.131. The van der Waals surface area contributed by atoms with Gasteiger partial charge in [0.2, 0.25) is 0 Å². The summed E-state index contributed by atoms with van der Waals surface area (Å²) < 4.78 is 5.10. The van der Waals surface area contributed by atoms with Crippen LogP contribution < -0.4 is 11.1 Å². The summed E-state index contributed by atoms with van der Waals surface area (Å²) in [4.78, 5) is 37.2. The molecule has 0 aliphatic carbocycles. The number of halogens is 1. The number of nitrogens with zero attached hydrogens (tertiary/aromatic N) is 1. The molecule has 0 aromatic heterocycles. The topological polar surface area (TPSA) is 102 Å². The van der Waals surface area contributed by atoms with Gasteiger partial charge in [0.15, 0.2) is 6.61 Å². The van der Waals surface area contributed by atoms with E-state index in [1.807, 2.05) is 0 Å². The summed E-state index contributed by atoms with van der Waals surface area (Å²) in [5.41, 5.74) is 5.85. The van der Waals surface area contributed by atoms with E-state index in [1.54, 1.807) is 29.2 Å². The van der Waals surface area contributed by atoms with Gasteiger partial charge in [0, 0.05) is 18.1 Å². The molecular formula is C18H24ClN3O4. The molecule has 1 aliphatic heterocycles. The first kappa shape index (κ1) is 20.0. The Bertz CT molecular complexity index is 650. The van der Waals surface area contributed by atoms with E-state index in [2.05, 4.69) is 12.2 Å². The van der Waals surface area contributed by atoms with Crippen LogP contribution in [0.5, 0.6) is 0 Å². The van der Waals surface area contributed by atoms with Crippen molar-refractivity contribution in [1.29, 1.82) is 0 Å². The number of hydrogen-bond acceptors (Lipinski definition) is 4. The van der Waals surface area contributed by atoms with Crippen molar-refractivity contribution in [2.75, 3.05) is 19.7 Å². The number of piperidine rings is 1. The molecule has 1 aromatic rings. The molecule has 3 N–H and O–H groups in total. The maximum atomic E-state index is 12.2. The summed E-state index contributed by atoms with van der Waals surface area (Å²) in [5, 5.41) is 3.04. The van der Waals surface area contributed by atoms with E-state index in [1.165, 1.54) is 0 Å². The molecule has 26 heavy (non-hydrogen) atoms. The van der Waals surface area contributed by atoms with Gasteiger partial charge in [-0.3, -0.25) is 9.59 Å². The van der Waals surface area contributed by atoms with Crippen molar-refractivity contribution in [1.82, 2.24) is 10.2 Å². The van der Waals surface area contributed by atoms with Crippen molar-refractivity contribution in [3.8, 4) is 0 Å². The molecule has 2 rings (SSSR count). The number of benzene rings is 1. The summed E-state index contributed by atoms with van der Waals surface area (Å²) in [6, 6.07) is 5.28. The fourth-order valence-corrected chi connectivity index (χ4v) is 3.12. The van der Waals surface area contributed by atoms with Crippen LogP contribution in [-0.2, 0) is 14.3 Å². The SMILES string of the molecule is C[C@@H]1CCCN(C(=O)COC(=O)C[C@H](NC(N)=O)c2ccc(Cl)cc2)C1. The zero-order valence-corrected chi connectivity index (χ0v) is 15.5. The molecular weight excluding hydrogens is 358 g/mol. The van der Waals surface area contributed by atoms with Crippen molar-refractivity contribution in [2.24, 2.45) is 11.7 Å². The standard InChI is InChI=1S/C18H24ClN3O4/c1-12-3-2-8-22(10-12)16(23)11-26-17(24)9-15(21-18(20)25)13-4-6-14(19)7-5-13/h4-7,12,15H,2-3,8-11H2,1H3,(H3,20,21,25)/t12-,15+/m1/s1. The highest BCUT2D eigenvalue weighted by Gasteiger charge is 2.23. The number of esters is 1. The lowest BCUT2D eigenvalue weighted by atomic mass is 10.0. The number of likely N-dealkylation sites (tertiary alicyclic amines) is 1. The summed E-state index contributed by atoms with van der Waals surface area (Å²) >= 11 is 5.85. The summed E-state index contributed by atoms with van der Waals surface area (Å²) in [5.74, 6) is -0.328. The number of ether oxygens (including phenoxy) is 1. The second-order valence-corrected chi connectivity index (χ2v) is 7.00. The van der Waals surface area contributed by atoms with Crippen LogP contribution in [0.15, 0.2) is 24.3 Å². The minimum Gasteiger partial charge on any atom is -0.455 e. The van der Waals surface area contributed by atoms with Gasteiger partial charge in [-0.05, 0) is 36.5 Å². The highest BCUT2D eigenvalue weighted by molar-refractivity contribution is 6.30. The second kappa shape index (κ2) is 9.43. The molecule has 7 nitrogen and oxygen atoms in total. The van der Waals surface area contributed by atoms with Crippen molar-refractivity contribution in [3.05, 3.63) is 34.9 Å². The quantitative estimate of drug-likeness (QED) is 0.737. The molecule has 1 saturated heterocycles. The van der Waals surface area contributed by atoms with Gasteiger partial charge in [0.05, 0.1) is 12.5 Å². The fourth-order valence-electron chi connectivity index (χ4n) is 2.99. The van der Waals surface area contributed by atoms with E-state index >= 15 is 0 Å². The van der Waals surface area contributed by atoms with Gasteiger partial charge >= 0.3 is 12.0 Å². The smallest absolute Gasteiger partial charge is 0.312 e. The zero-order valence-electron chi connectivity index (χ0n) is 14.7. The molecule has 1 fully saturated rings. The van der Waals surface area contributed by atoms with Gasteiger partial charge in [0.25, 0.3) is 5.91 Å². The van der Waals surface area contributed by atoms with E-state index in [0.29, 0.717) is 29.6 Å². The van der Waals surface area contributed by atoms with Crippen LogP contribution in [-0.4, -0.2) is 42.5 Å². The van der Waals surface area contributed by atoms with Crippen molar-refractivity contribution < 1.29 is 19.1 Å². The minimum atomic E-state index is -0.754. The third-order valence-corrected chi connectivity index (χ3v) is 4.58. The maximum absolute atomic E-state index is 12.2. The Morgan fingerprint density at radius 3 is 2.65 bits per heavy atom. The van der Waals surface area contributed by atoms with E-state index < -0.39 is 18.0 Å². The van der Waals surface area contributed by atoms with Crippen LogP contribution in [0.2, 0.25) is 5.02 Å². The lowest BCUT2D eigenvalue weighted by Crippen LogP contribution is -2.41. The molecule has 1 heterocycles. The number of carbonyl (C=O) groups excluding carboxylic acids is 3. The lowest BCUT2D eigenvalue weighted by molar-refractivity contribution is -0.153. The van der Waals surface area contributed by atoms with Gasteiger partial charge in [-0.1, -0.05) is 30.7 Å². The number of amides is 3. The Morgan fingerprint density at radius 2 is 2.04 bits per heavy atom. The Morgan fingerprint density at radius 1 is 1.35 bits per heavy atom. The first-order valence-corrected chi connectivity index (χ1v) is 8.97. The Labute approximate surface area is 157 Å². The fraction of sp³-hybridized carbons (Fsp3) is 0.500. The summed E-state index contributed by atoms with van der Waals surface area (Å²) in [6.07, 6.45) is 1.93. The number of rotatable bonds is 6. The highest BCUT2D eigenvalue weighted by atomic mass is 35.5. The van der Waals surface area contributed by atoms with Crippen LogP contribution in [0, 0.1) is 5.92 Å². The molecule has 0 saturated carbocycles. The van der Waals surface area contributed by atoms with Crippen LogP contribution in [0.4, 0.5) is 4.79 Å². The molecule has 1 aliphatic rings. The van der Waals surface area contributed by atoms with Crippen molar-refractivity contribution in [2.45, 2.75) is 32.2 Å². The molecule has 0 unspecified atom stereocenters. The van der Waals surface area contributed by atoms with E-state index in [4.69, 9.17) is 22.1 Å². The van der Waals surface area contributed by atoms with Gasteiger partial charge in [-0.15, -0.1) is 0 Å². The van der Waals surface area contributed by atoms with E-state index in [0.717, 1.165) is 12.8 Å². The number of nitrogens with two attached hydrogens (primary N) is 1. The average Bonchev–Trinajstić information content (AvgIpc) is 2.59. The molecule has 2 atom stereocenters. The van der Waals surface area contributed by atoms with Gasteiger partial charge in [-0.25, -0.2) is 4.79 Å². The van der Waals surface area contributed by atoms with Crippen LogP contribution >= 0.6 is 11.6 Å². The molecule has 3 amide bonds. The number of nitrogens with one attached hydrogen (secondary N) is 1. The van der Waals surface area contributed by atoms with E-state index in [-0.39, 0.29) is 18.9 Å². The second-order valence-electron chi connectivity index (χ2n) is 6.56. The summed E-state index contributed by atoms with van der Waals surface area (Å²) in [6.45, 7) is 3.18. The first-order valence-electron chi connectivity index (χ1n) is 8.60. The number of carbonyl (C=O) groups is 3. The highest BCUT2D eigenvalue weighted by Crippen LogP contribution is 2.20. The Kier molecular flexibility index (Phi) is 7.26. The van der Waals surface area contributed by atoms with E-state index in [9.17, 15) is 14.4 Å². The largest absolute Gasteiger partial charge is 0.455 e. The normalized spacial score (nSPS) is 18.1. The van der Waals surface area contributed by atoms with Crippen molar-refractivity contribution >= 4 is 29.5 Å². The number of hydrogen-bond donors (Lipinski definition) is 2. The predicted octanol–water partition coefficient (Wildman–Crippen LogP) is 2.24. The Hall–Kier alpha value is -2.28. The van der Waals surface area contributed by atoms with Gasteiger partial charge < -0.3 is 20.7 Å². The average molecular weight is 382 g/mol. The molecule has 1 aromatic carbocycles. The molecule has 0 spiro atoms. The zero-order chi connectivity index (χ0) is 19.1. The first-order chi connectivity index (χ1) is 12.3. The number of urea groups is 1. The maximum Gasteiger partial charge on any atom is 0.312 e. The lowest BCUT2D eigenvalue weighted by Gasteiger charge is -2.30. The Balaban J connectivity index is 1.89. The van der Waals surface area contributed by atoms with Crippen LogP contribution in [0.3, 0.4) is 0 Å².